The Morgan fingerprint density at radius 2 is 1.71 bits per heavy atom. The zero-order valence-corrected chi connectivity index (χ0v) is 18.9. The van der Waals surface area contributed by atoms with Crippen LogP contribution in [0, 0.1) is 32.1 Å². The van der Waals surface area contributed by atoms with Crippen molar-refractivity contribution in [2.75, 3.05) is 12.9 Å². The number of rotatable bonds is 7. The molecule has 1 heterocycles. The molecular formula is C25H25N3O2S. The van der Waals surface area contributed by atoms with Gasteiger partial charge in [0.25, 0.3) is 0 Å². The number of carbonyl (C=O) groups excluding carboxylic acids is 1. The van der Waals surface area contributed by atoms with E-state index < -0.39 is 0 Å². The van der Waals surface area contributed by atoms with Crippen LogP contribution >= 0.6 is 11.8 Å². The number of aromatic nitrogens is 1. The molecule has 158 valence electrons. The van der Waals surface area contributed by atoms with Crippen LogP contribution in [0.5, 0.6) is 5.75 Å². The molecule has 0 aliphatic carbocycles. The lowest BCUT2D eigenvalue weighted by Crippen LogP contribution is -2.30. The number of pyridine rings is 1. The van der Waals surface area contributed by atoms with Gasteiger partial charge in [-0.15, -0.1) is 0 Å². The van der Waals surface area contributed by atoms with Gasteiger partial charge in [0.2, 0.25) is 5.91 Å². The molecule has 1 N–H and O–H groups in total. The van der Waals surface area contributed by atoms with Crippen molar-refractivity contribution < 1.29 is 9.53 Å². The summed E-state index contributed by atoms with van der Waals surface area (Å²) in [7, 11) is 1.63. The van der Waals surface area contributed by atoms with Crippen molar-refractivity contribution in [2.24, 2.45) is 0 Å². The maximum absolute atomic E-state index is 12.9. The highest BCUT2D eigenvalue weighted by atomic mass is 32.2. The molecule has 2 aromatic carbocycles. The fourth-order valence-electron chi connectivity index (χ4n) is 3.28. The van der Waals surface area contributed by atoms with E-state index in [0.717, 1.165) is 33.7 Å². The number of nitriles is 1. The van der Waals surface area contributed by atoms with Crippen molar-refractivity contribution in [1.29, 1.82) is 5.26 Å². The molecular weight excluding hydrogens is 406 g/mol. The average molecular weight is 432 g/mol. The monoisotopic (exact) mass is 431 g/mol. The van der Waals surface area contributed by atoms with Crippen LogP contribution in [0.15, 0.2) is 59.6 Å². The molecule has 1 amide bonds. The molecule has 0 fully saturated rings. The number of nitrogens with zero attached hydrogens (tertiary/aromatic N) is 2. The van der Waals surface area contributed by atoms with Crippen molar-refractivity contribution in [1.82, 2.24) is 10.3 Å². The highest BCUT2D eigenvalue weighted by molar-refractivity contribution is 8.00. The number of carbonyl (C=O) groups is 1. The Morgan fingerprint density at radius 1 is 1.06 bits per heavy atom. The van der Waals surface area contributed by atoms with Crippen LogP contribution in [0.2, 0.25) is 0 Å². The quantitative estimate of drug-likeness (QED) is 0.540. The van der Waals surface area contributed by atoms with Gasteiger partial charge in [0.15, 0.2) is 0 Å². The van der Waals surface area contributed by atoms with Crippen LogP contribution in [0.1, 0.15) is 39.6 Å². The number of thioether (sulfide) groups is 1. The summed E-state index contributed by atoms with van der Waals surface area (Å²) in [4.78, 5) is 17.4. The highest BCUT2D eigenvalue weighted by Gasteiger charge is 2.19. The summed E-state index contributed by atoms with van der Waals surface area (Å²) in [5.74, 6) is 0.803. The number of ether oxygens (including phenoxy) is 1. The normalized spacial score (nSPS) is 11.5. The van der Waals surface area contributed by atoms with Gasteiger partial charge >= 0.3 is 0 Å². The van der Waals surface area contributed by atoms with E-state index in [2.05, 4.69) is 16.4 Å². The van der Waals surface area contributed by atoms with Crippen LogP contribution < -0.4 is 10.1 Å². The smallest absolute Gasteiger partial charge is 0.231 e. The van der Waals surface area contributed by atoms with Gasteiger partial charge in [-0.3, -0.25) is 4.79 Å². The number of amides is 1. The SMILES string of the molecule is COc1ccc(C(NC(=O)CSc2nc(C)c(C)c(C)c2C#N)c2ccccc2)cc1. The minimum absolute atomic E-state index is 0.128. The second kappa shape index (κ2) is 10.1. The Bertz CT molecular complexity index is 1110. The molecule has 0 aliphatic rings. The molecule has 3 aromatic rings. The summed E-state index contributed by atoms with van der Waals surface area (Å²) in [5.41, 5.74) is 5.29. The first kappa shape index (κ1) is 22.4. The van der Waals surface area contributed by atoms with Gasteiger partial charge in [0.05, 0.1) is 24.5 Å². The Balaban J connectivity index is 1.79. The number of hydrogen-bond donors (Lipinski definition) is 1. The van der Waals surface area contributed by atoms with E-state index in [4.69, 9.17) is 4.74 Å². The Hall–Kier alpha value is -3.30. The van der Waals surface area contributed by atoms with E-state index in [1.165, 1.54) is 11.8 Å². The molecule has 0 radical (unpaired) electrons. The number of hydrogen-bond acceptors (Lipinski definition) is 5. The Labute approximate surface area is 187 Å². The first-order valence-corrected chi connectivity index (χ1v) is 10.9. The summed E-state index contributed by atoms with van der Waals surface area (Å²) in [5, 5.41) is 13.3. The molecule has 0 saturated heterocycles. The van der Waals surface area contributed by atoms with E-state index in [-0.39, 0.29) is 17.7 Å². The van der Waals surface area contributed by atoms with E-state index in [0.29, 0.717) is 10.6 Å². The van der Waals surface area contributed by atoms with Crippen molar-refractivity contribution in [3.63, 3.8) is 0 Å². The minimum Gasteiger partial charge on any atom is -0.497 e. The first-order chi connectivity index (χ1) is 14.9. The number of benzene rings is 2. The van der Waals surface area contributed by atoms with Gasteiger partial charge in [-0.05, 0) is 55.2 Å². The second-order valence-corrected chi connectivity index (χ2v) is 8.18. The molecule has 1 unspecified atom stereocenters. The lowest BCUT2D eigenvalue weighted by Gasteiger charge is -2.20. The molecule has 6 heteroatoms. The van der Waals surface area contributed by atoms with E-state index >= 15 is 0 Å². The standard InChI is InChI=1S/C25H25N3O2S/c1-16-17(2)22(14-26)25(27-18(16)3)31-15-23(29)28-24(19-8-6-5-7-9-19)20-10-12-21(30-4)13-11-20/h5-13,24H,15H2,1-4H3,(H,28,29). The molecule has 0 saturated carbocycles. The van der Waals surface area contributed by atoms with Crippen molar-refractivity contribution in [3.8, 4) is 11.8 Å². The molecule has 1 aromatic heterocycles. The van der Waals surface area contributed by atoms with Crippen LogP contribution in [0.4, 0.5) is 0 Å². The fraction of sp³-hybridized carbons (Fsp3) is 0.240. The summed E-state index contributed by atoms with van der Waals surface area (Å²) < 4.78 is 5.25. The summed E-state index contributed by atoms with van der Waals surface area (Å²) in [6.07, 6.45) is 0. The van der Waals surface area contributed by atoms with Crippen LogP contribution in [-0.2, 0) is 4.79 Å². The van der Waals surface area contributed by atoms with Crippen molar-refractivity contribution in [3.05, 3.63) is 88.1 Å². The number of nitrogens with one attached hydrogen (secondary N) is 1. The van der Waals surface area contributed by atoms with Gasteiger partial charge in [0.1, 0.15) is 16.8 Å². The fourth-order valence-corrected chi connectivity index (χ4v) is 4.18. The van der Waals surface area contributed by atoms with E-state index in [1.54, 1.807) is 7.11 Å². The molecule has 1 atom stereocenters. The number of aryl methyl sites for hydroxylation is 1. The van der Waals surface area contributed by atoms with Gasteiger partial charge < -0.3 is 10.1 Å². The zero-order chi connectivity index (χ0) is 22.4. The molecule has 0 spiro atoms. The molecule has 3 rings (SSSR count). The minimum atomic E-state index is -0.287. The predicted molar refractivity (Wildman–Crippen MR) is 123 cm³/mol. The van der Waals surface area contributed by atoms with Gasteiger partial charge in [-0.1, -0.05) is 54.2 Å². The second-order valence-electron chi connectivity index (χ2n) is 7.21. The summed E-state index contributed by atoms with van der Waals surface area (Å²) in [6, 6.07) is 19.4. The van der Waals surface area contributed by atoms with Gasteiger partial charge in [-0.2, -0.15) is 5.26 Å². The maximum atomic E-state index is 12.9. The third kappa shape index (κ3) is 5.25. The first-order valence-electron chi connectivity index (χ1n) is 9.93. The van der Waals surface area contributed by atoms with Crippen molar-refractivity contribution >= 4 is 17.7 Å². The van der Waals surface area contributed by atoms with Crippen LogP contribution in [0.25, 0.3) is 0 Å². The Kier molecular flexibility index (Phi) is 7.32. The summed E-state index contributed by atoms with van der Waals surface area (Å²) >= 11 is 1.29. The van der Waals surface area contributed by atoms with Gasteiger partial charge in [0, 0.05) is 5.69 Å². The molecule has 0 bridgehead atoms. The third-order valence-electron chi connectivity index (χ3n) is 5.30. The Morgan fingerprint density at radius 3 is 2.32 bits per heavy atom. The largest absolute Gasteiger partial charge is 0.497 e. The lowest BCUT2D eigenvalue weighted by atomic mass is 9.98. The van der Waals surface area contributed by atoms with E-state index in [1.807, 2.05) is 75.4 Å². The van der Waals surface area contributed by atoms with Gasteiger partial charge in [-0.25, -0.2) is 4.98 Å². The van der Waals surface area contributed by atoms with E-state index in [9.17, 15) is 10.1 Å². The third-order valence-corrected chi connectivity index (χ3v) is 6.28. The van der Waals surface area contributed by atoms with Crippen molar-refractivity contribution in [2.45, 2.75) is 31.8 Å². The van der Waals surface area contributed by atoms with Crippen LogP contribution in [-0.4, -0.2) is 23.8 Å². The number of methoxy groups -OCH3 is 1. The maximum Gasteiger partial charge on any atom is 0.231 e. The summed E-state index contributed by atoms with van der Waals surface area (Å²) in [6.45, 7) is 5.80. The molecule has 5 nitrogen and oxygen atoms in total. The predicted octanol–water partition coefficient (Wildman–Crippen LogP) is 4.89. The van der Waals surface area contributed by atoms with Crippen LogP contribution in [0.3, 0.4) is 0 Å². The topological polar surface area (TPSA) is 75.0 Å². The zero-order valence-electron chi connectivity index (χ0n) is 18.1. The molecule has 31 heavy (non-hydrogen) atoms. The molecule has 0 aliphatic heterocycles. The highest BCUT2D eigenvalue weighted by Crippen LogP contribution is 2.28. The lowest BCUT2D eigenvalue weighted by molar-refractivity contribution is -0.119. The average Bonchev–Trinajstić information content (AvgIpc) is 2.80.